The number of para-hydroxylation sites is 1. The van der Waals surface area contributed by atoms with Gasteiger partial charge >= 0.3 is 0 Å². The summed E-state index contributed by atoms with van der Waals surface area (Å²) in [6, 6.07) is 8.21. The lowest BCUT2D eigenvalue weighted by Gasteiger charge is -2.14. The van der Waals surface area contributed by atoms with Crippen LogP contribution in [-0.2, 0) is 14.8 Å². The van der Waals surface area contributed by atoms with E-state index in [0.717, 1.165) is 0 Å². The zero-order chi connectivity index (χ0) is 12.2. The van der Waals surface area contributed by atoms with Gasteiger partial charge in [-0.25, -0.2) is 13.6 Å². The number of carbonyl (C=O) groups excluding carboxylic acids is 1. The van der Waals surface area contributed by atoms with Crippen molar-refractivity contribution in [2.24, 2.45) is 5.14 Å². The molecule has 0 heterocycles. The lowest BCUT2D eigenvalue weighted by molar-refractivity contribution is -0.122. The average molecular weight is 243 g/mol. The fourth-order valence-corrected chi connectivity index (χ4v) is 1.88. The molecule has 0 amide bonds. The number of primary sulfonamides is 1. The van der Waals surface area contributed by atoms with E-state index in [-0.39, 0.29) is 6.42 Å². The maximum absolute atomic E-state index is 11.4. The van der Waals surface area contributed by atoms with Gasteiger partial charge in [0.25, 0.3) is 15.5 Å². The van der Waals surface area contributed by atoms with Crippen molar-refractivity contribution in [2.75, 3.05) is 0 Å². The van der Waals surface area contributed by atoms with E-state index in [1.165, 1.54) is 0 Å². The van der Waals surface area contributed by atoms with Crippen LogP contribution in [0.4, 0.5) is 0 Å². The van der Waals surface area contributed by atoms with Crippen LogP contribution in [0.3, 0.4) is 0 Å². The van der Waals surface area contributed by atoms with Gasteiger partial charge in [0.2, 0.25) is 0 Å². The molecule has 1 atom stereocenters. The second-order valence-corrected chi connectivity index (χ2v) is 4.78. The van der Waals surface area contributed by atoms with Crippen molar-refractivity contribution < 1.29 is 17.9 Å². The van der Waals surface area contributed by atoms with Gasteiger partial charge in [-0.1, -0.05) is 25.1 Å². The van der Waals surface area contributed by atoms with E-state index >= 15 is 0 Å². The predicted octanol–water partition coefficient (Wildman–Crippen LogP) is 0.659. The number of hydrogen-bond acceptors (Lipinski definition) is 4. The van der Waals surface area contributed by atoms with Gasteiger partial charge in [-0.05, 0) is 12.1 Å². The van der Waals surface area contributed by atoms with Crippen LogP contribution in [-0.4, -0.2) is 19.6 Å². The molecule has 88 valence electrons. The Morgan fingerprint density at radius 1 is 1.38 bits per heavy atom. The molecule has 0 spiro atoms. The first-order chi connectivity index (χ1) is 7.45. The van der Waals surface area contributed by atoms with Crippen LogP contribution in [0.15, 0.2) is 30.3 Å². The molecule has 1 aromatic rings. The van der Waals surface area contributed by atoms with Gasteiger partial charge in [-0.2, -0.15) is 0 Å². The summed E-state index contributed by atoms with van der Waals surface area (Å²) >= 11 is 0. The summed E-state index contributed by atoms with van der Waals surface area (Å²) in [5.74, 6) is -0.269. The van der Waals surface area contributed by atoms with Crippen molar-refractivity contribution >= 4 is 15.8 Å². The number of rotatable bonds is 5. The molecule has 0 saturated carbocycles. The quantitative estimate of drug-likeness (QED) is 0.823. The predicted molar refractivity (Wildman–Crippen MR) is 59.3 cm³/mol. The first kappa shape index (κ1) is 12.7. The largest absolute Gasteiger partial charge is 0.465 e. The van der Waals surface area contributed by atoms with Gasteiger partial charge < -0.3 is 4.74 Å². The molecule has 0 saturated heterocycles. The zero-order valence-corrected chi connectivity index (χ0v) is 9.61. The highest BCUT2D eigenvalue weighted by atomic mass is 32.2. The Balaban J connectivity index is 2.93. The third-order valence-corrected chi connectivity index (χ3v) is 2.85. The van der Waals surface area contributed by atoms with Crippen molar-refractivity contribution in [1.29, 1.82) is 0 Å². The monoisotopic (exact) mass is 243 g/mol. The highest BCUT2D eigenvalue weighted by Crippen LogP contribution is 2.14. The molecule has 0 aliphatic heterocycles. The normalized spacial score (nSPS) is 13.1. The smallest absolute Gasteiger partial charge is 0.269 e. The van der Waals surface area contributed by atoms with Crippen molar-refractivity contribution in [3.05, 3.63) is 30.3 Å². The molecule has 1 rings (SSSR count). The molecule has 0 fully saturated rings. The first-order valence-corrected chi connectivity index (χ1v) is 6.32. The van der Waals surface area contributed by atoms with E-state index in [1.807, 2.05) is 0 Å². The van der Waals surface area contributed by atoms with Crippen molar-refractivity contribution in [3.8, 4) is 5.75 Å². The van der Waals surface area contributed by atoms with E-state index in [0.29, 0.717) is 5.75 Å². The van der Waals surface area contributed by atoms with Crippen molar-refractivity contribution in [1.82, 2.24) is 0 Å². The summed E-state index contributed by atoms with van der Waals surface area (Å²) < 4.78 is 27.4. The second-order valence-electron chi connectivity index (χ2n) is 3.17. The van der Waals surface area contributed by atoms with Crippen LogP contribution in [0, 0.1) is 0 Å². The van der Waals surface area contributed by atoms with Crippen LogP contribution in [0.5, 0.6) is 5.75 Å². The van der Waals surface area contributed by atoms with Crippen LogP contribution >= 0.6 is 0 Å². The number of hydrogen-bond donors (Lipinski definition) is 1. The third-order valence-electron chi connectivity index (χ3n) is 1.90. The van der Waals surface area contributed by atoms with Crippen LogP contribution in [0.2, 0.25) is 0 Å². The molecule has 1 aromatic carbocycles. The number of sulfonamides is 1. The Hall–Kier alpha value is -1.40. The minimum absolute atomic E-state index is 0.0495. The van der Waals surface area contributed by atoms with Gasteiger partial charge in [-0.15, -0.1) is 0 Å². The standard InChI is InChI=1S/C10H13NO4S/c1-2-9(12)10(16(11,13)14)15-8-6-4-3-5-7-8/h3-7,10H,2H2,1H3,(H2,11,13,14). The molecular formula is C10H13NO4S. The molecule has 0 aliphatic rings. The molecule has 1 unspecified atom stereocenters. The van der Waals surface area contributed by atoms with Gasteiger partial charge in [0, 0.05) is 6.42 Å². The summed E-state index contributed by atoms with van der Waals surface area (Å²) in [5.41, 5.74) is -1.63. The number of carbonyl (C=O) groups is 1. The Bertz CT molecular complexity index is 455. The maximum atomic E-state index is 11.4. The first-order valence-electron chi connectivity index (χ1n) is 4.71. The SMILES string of the molecule is CCC(=O)C(Oc1ccccc1)S(N)(=O)=O. The van der Waals surface area contributed by atoms with Gasteiger partial charge in [0.05, 0.1) is 0 Å². The maximum Gasteiger partial charge on any atom is 0.269 e. The summed E-state index contributed by atoms with van der Waals surface area (Å²) in [4.78, 5) is 11.4. The second kappa shape index (κ2) is 5.09. The Morgan fingerprint density at radius 2 is 1.94 bits per heavy atom. The molecule has 0 radical (unpaired) electrons. The number of benzene rings is 1. The third kappa shape index (κ3) is 3.32. The number of nitrogens with two attached hydrogens (primary N) is 1. The molecule has 0 bridgehead atoms. The van der Waals surface area contributed by atoms with Crippen LogP contribution in [0.25, 0.3) is 0 Å². The highest BCUT2D eigenvalue weighted by molar-refractivity contribution is 7.90. The van der Waals surface area contributed by atoms with Crippen LogP contribution in [0.1, 0.15) is 13.3 Å². The summed E-state index contributed by atoms with van der Waals surface area (Å²) in [5, 5.41) is 4.93. The molecule has 0 aliphatic carbocycles. The molecule has 6 heteroatoms. The fraction of sp³-hybridized carbons (Fsp3) is 0.300. The average Bonchev–Trinajstić information content (AvgIpc) is 2.25. The van der Waals surface area contributed by atoms with E-state index in [9.17, 15) is 13.2 Å². The summed E-state index contributed by atoms with van der Waals surface area (Å²) in [6.45, 7) is 1.55. The Labute approximate surface area is 94.3 Å². The lowest BCUT2D eigenvalue weighted by Crippen LogP contribution is -2.39. The topological polar surface area (TPSA) is 86.5 Å². The Kier molecular flexibility index (Phi) is 4.03. The summed E-state index contributed by atoms with van der Waals surface area (Å²) in [7, 11) is -4.05. The number of ketones is 1. The lowest BCUT2D eigenvalue weighted by atomic mass is 10.3. The highest BCUT2D eigenvalue weighted by Gasteiger charge is 2.30. The van der Waals surface area contributed by atoms with Gasteiger partial charge in [0.1, 0.15) is 5.75 Å². The molecule has 5 nitrogen and oxygen atoms in total. The van der Waals surface area contributed by atoms with E-state index < -0.39 is 21.2 Å². The van der Waals surface area contributed by atoms with Crippen molar-refractivity contribution in [2.45, 2.75) is 18.8 Å². The van der Waals surface area contributed by atoms with E-state index in [1.54, 1.807) is 37.3 Å². The number of ether oxygens (including phenoxy) is 1. The number of Topliss-reactive ketones (excluding diaryl/α,β-unsaturated/α-hetero) is 1. The molecule has 16 heavy (non-hydrogen) atoms. The van der Waals surface area contributed by atoms with Crippen LogP contribution < -0.4 is 9.88 Å². The summed E-state index contributed by atoms with van der Waals surface area (Å²) in [6.07, 6.45) is 0.0495. The van der Waals surface area contributed by atoms with E-state index in [4.69, 9.17) is 9.88 Å². The van der Waals surface area contributed by atoms with Crippen molar-refractivity contribution in [3.63, 3.8) is 0 Å². The zero-order valence-electron chi connectivity index (χ0n) is 8.79. The van der Waals surface area contributed by atoms with Gasteiger partial charge in [-0.3, -0.25) is 4.79 Å². The minimum Gasteiger partial charge on any atom is -0.465 e. The molecule has 2 N–H and O–H groups in total. The fourth-order valence-electron chi connectivity index (χ4n) is 1.11. The molecular weight excluding hydrogens is 230 g/mol. The molecule has 0 aromatic heterocycles. The van der Waals surface area contributed by atoms with Gasteiger partial charge in [0.15, 0.2) is 5.78 Å². The Morgan fingerprint density at radius 3 is 2.38 bits per heavy atom. The van der Waals surface area contributed by atoms with E-state index in [2.05, 4.69) is 0 Å². The minimum atomic E-state index is -4.05.